The molecule has 92 valence electrons. The van der Waals surface area contributed by atoms with Crippen molar-refractivity contribution < 1.29 is 0 Å². The highest BCUT2D eigenvalue weighted by molar-refractivity contribution is 4.74. The van der Waals surface area contributed by atoms with Crippen LogP contribution in [-0.4, -0.2) is 38.6 Å². The lowest BCUT2D eigenvalue weighted by molar-refractivity contribution is 0.229. The molecule has 0 bridgehead atoms. The van der Waals surface area contributed by atoms with Crippen molar-refractivity contribution in [2.75, 3.05) is 33.7 Å². The van der Waals surface area contributed by atoms with Gasteiger partial charge in [-0.2, -0.15) is 0 Å². The monoisotopic (exact) mass is 214 g/mol. The number of hydrogen-bond donors (Lipinski definition) is 1. The molecule has 2 nitrogen and oxygen atoms in total. The van der Waals surface area contributed by atoms with Gasteiger partial charge in [-0.15, -0.1) is 0 Å². The Hall–Kier alpha value is -0.0800. The largest absolute Gasteiger partial charge is 0.316 e. The highest BCUT2D eigenvalue weighted by atomic mass is 15.1. The quantitative estimate of drug-likeness (QED) is 0.668. The summed E-state index contributed by atoms with van der Waals surface area (Å²) in [5.74, 6) is 0.810. The van der Waals surface area contributed by atoms with Crippen LogP contribution in [0.5, 0.6) is 0 Å². The average Bonchev–Trinajstić information content (AvgIpc) is 2.01. The van der Waals surface area contributed by atoms with Crippen LogP contribution in [0.25, 0.3) is 0 Å². The molecule has 1 atom stereocenters. The zero-order chi connectivity index (χ0) is 11.9. The molecule has 0 aromatic heterocycles. The predicted molar refractivity (Wildman–Crippen MR) is 69.3 cm³/mol. The van der Waals surface area contributed by atoms with Gasteiger partial charge < -0.3 is 10.2 Å². The van der Waals surface area contributed by atoms with E-state index in [9.17, 15) is 0 Å². The van der Waals surface area contributed by atoms with Crippen molar-refractivity contribution in [3.05, 3.63) is 0 Å². The minimum absolute atomic E-state index is 0.370. The lowest BCUT2D eigenvalue weighted by Gasteiger charge is -2.29. The molecule has 0 amide bonds. The number of rotatable bonds is 8. The van der Waals surface area contributed by atoms with Crippen LogP contribution in [0.3, 0.4) is 0 Å². The Balaban J connectivity index is 3.65. The van der Waals surface area contributed by atoms with Crippen molar-refractivity contribution in [1.29, 1.82) is 0 Å². The third kappa shape index (κ3) is 8.88. The highest BCUT2D eigenvalue weighted by Gasteiger charge is 2.18. The molecule has 0 aromatic rings. The van der Waals surface area contributed by atoms with Crippen LogP contribution in [0.2, 0.25) is 0 Å². The van der Waals surface area contributed by atoms with Crippen molar-refractivity contribution in [2.24, 2.45) is 11.3 Å². The number of nitrogens with zero attached hydrogens (tertiary/aromatic N) is 1. The first-order valence-corrected chi connectivity index (χ1v) is 6.23. The Morgan fingerprint density at radius 1 is 1.27 bits per heavy atom. The molecule has 1 N–H and O–H groups in total. The van der Waals surface area contributed by atoms with E-state index in [1.165, 1.54) is 12.8 Å². The Morgan fingerprint density at radius 3 is 2.33 bits per heavy atom. The third-order valence-electron chi connectivity index (χ3n) is 2.62. The fraction of sp³-hybridized carbons (Fsp3) is 1.00. The summed E-state index contributed by atoms with van der Waals surface area (Å²) in [6.07, 6.45) is 2.63. The second kappa shape index (κ2) is 7.24. The molecule has 0 unspecified atom stereocenters. The van der Waals surface area contributed by atoms with Gasteiger partial charge >= 0.3 is 0 Å². The molecule has 0 aliphatic heterocycles. The lowest BCUT2D eigenvalue weighted by Crippen LogP contribution is -2.38. The fourth-order valence-electron chi connectivity index (χ4n) is 2.16. The normalized spacial score (nSPS) is 14.6. The summed E-state index contributed by atoms with van der Waals surface area (Å²) in [5, 5.41) is 3.59. The minimum Gasteiger partial charge on any atom is -0.316 e. The van der Waals surface area contributed by atoms with Crippen molar-refractivity contribution in [1.82, 2.24) is 10.2 Å². The summed E-state index contributed by atoms with van der Waals surface area (Å²) >= 11 is 0. The van der Waals surface area contributed by atoms with Crippen LogP contribution in [0, 0.1) is 11.3 Å². The standard InChI is InChI=1S/C13H30N2/c1-7-8-12(2)9-14-10-13(3,4)11-15(5)6/h12,14H,7-11H2,1-6H3/t12-/m1/s1. The van der Waals surface area contributed by atoms with Gasteiger partial charge in [0.2, 0.25) is 0 Å². The van der Waals surface area contributed by atoms with E-state index < -0.39 is 0 Å². The van der Waals surface area contributed by atoms with Gasteiger partial charge in [0.15, 0.2) is 0 Å². The van der Waals surface area contributed by atoms with E-state index in [0.717, 1.165) is 25.6 Å². The molecule has 0 radical (unpaired) electrons. The van der Waals surface area contributed by atoms with E-state index in [0.29, 0.717) is 5.41 Å². The molecule has 0 saturated carbocycles. The van der Waals surface area contributed by atoms with Crippen LogP contribution in [0.4, 0.5) is 0 Å². The average molecular weight is 214 g/mol. The summed E-state index contributed by atoms with van der Waals surface area (Å²) < 4.78 is 0. The van der Waals surface area contributed by atoms with Crippen LogP contribution >= 0.6 is 0 Å². The molecule has 0 saturated heterocycles. The van der Waals surface area contributed by atoms with Gasteiger partial charge in [0.05, 0.1) is 0 Å². The van der Waals surface area contributed by atoms with Crippen LogP contribution in [0.15, 0.2) is 0 Å². The molecular weight excluding hydrogens is 184 g/mol. The first kappa shape index (κ1) is 14.9. The topological polar surface area (TPSA) is 15.3 Å². The van der Waals surface area contributed by atoms with E-state index >= 15 is 0 Å². The van der Waals surface area contributed by atoms with Crippen molar-refractivity contribution >= 4 is 0 Å². The summed E-state index contributed by atoms with van der Waals surface area (Å²) in [6, 6.07) is 0. The third-order valence-corrected chi connectivity index (χ3v) is 2.62. The first-order valence-electron chi connectivity index (χ1n) is 6.23. The SMILES string of the molecule is CCC[C@@H](C)CNCC(C)(C)CN(C)C. The molecule has 0 heterocycles. The Bertz CT molecular complexity index is 153. The van der Waals surface area contributed by atoms with Crippen molar-refractivity contribution in [3.8, 4) is 0 Å². The smallest absolute Gasteiger partial charge is 0.00387 e. The Morgan fingerprint density at radius 2 is 1.87 bits per heavy atom. The summed E-state index contributed by atoms with van der Waals surface area (Å²) in [4.78, 5) is 2.26. The van der Waals surface area contributed by atoms with Crippen LogP contribution in [0.1, 0.15) is 40.5 Å². The molecule has 0 fully saturated rings. The van der Waals surface area contributed by atoms with Gasteiger partial charge in [-0.3, -0.25) is 0 Å². The summed E-state index contributed by atoms with van der Waals surface area (Å²) in [5.41, 5.74) is 0.370. The van der Waals surface area contributed by atoms with Crippen molar-refractivity contribution in [3.63, 3.8) is 0 Å². The second-order valence-electron chi connectivity index (χ2n) is 5.93. The predicted octanol–water partition coefficient (Wildman–Crippen LogP) is 2.60. The maximum Gasteiger partial charge on any atom is 0.00387 e. The van der Waals surface area contributed by atoms with E-state index in [1.54, 1.807) is 0 Å². The van der Waals surface area contributed by atoms with Gasteiger partial charge in [0.1, 0.15) is 0 Å². The van der Waals surface area contributed by atoms with Crippen molar-refractivity contribution in [2.45, 2.75) is 40.5 Å². The number of nitrogens with one attached hydrogen (secondary N) is 1. The maximum atomic E-state index is 3.59. The van der Waals surface area contributed by atoms with E-state index in [4.69, 9.17) is 0 Å². The Kier molecular flexibility index (Phi) is 7.20. The fourth-order valence-corrected chi connectivity index (χ4v) is 2.16. The van der Waals surface area contributed by atoms with Crippen LogP contribution < -0.4 is 5.32 Å². The van der Waals surface area contributed by atoms with Gasteiger partial charge in [0.25, 0.3) is 0 Å². The van der Waals surface area contributed by atoms with Crippen LogP contribution in [-0.2, 0) is 0 Å². The van der Waals surface area contributed by atoms with Gasteiger partial charge in [0, 0.05) is 13.1 Å². The van der Waals surface area contributed by atoms with E-state index in [2.05, 4.69) is 52.0 Å². The molecule has 0 aromatic carbocycles. The maximum absolute atomic E-state index is 3.59. The first-order chi connectivity index (χ1) is 6.87. The zero-order valence-electron chi connectivity index (χ0n) is 11.6. The van der Waals surface area contributed by atoms with E-state index in [-0.39, 0.29) is 0 Å². The lowest BCUT2D eigenvalue weighted by atomic mass is 9.92. The zero-order valence-corrected chi connectivity index (χ0v) is 11.6. The minimum atomic E-state index is 0.370. The molecule has 0 spiro atoms. The van der Waals surface area contributed by atoms with E-state index in [1.807, 2.05) is 0 Å². The molecule has 15 heavy (non-hydrogen) atoms. The molecular formula is C13H30N2. The highest BCUT2D eigenvalue weighted by Crippen LogP contribution is 2.14. The van der Waals surface area contributed by atoms with Gasteiger partial charge in [-0.05, 0) is 38.4 Å². The molecule has 0 aliphatic carbocycles. The van der Waals surface area contributed by atoms with Gasteiger partial charge in [-0.1, -0.05) is 34.1 Å². The molecule has 0 aliphatic rings. The number of hydrogen-bond acceptors (Lipinski definition) is 2. The summed E-state index contributed by atoms with van der Waals surface area (Å²) in [7, 11) is 4.28. The molecule has 2 heteroatoms. The summed E-state index contributed by atoms with van der Waals surface area (Å²) in [6.45, 7) is 12.6. The van der Waals surface area contributed by atoms with Gasteiger partial charge in [-0.25, -0.2) is 0 Å². The second-order valence-corrected chi connectivity index (χ2v) is 5.93. The Labute approximate surface area is 96.4 Å². The molecule has 0 rings (SSSR count).